The number of carbonyl (C=O) groups excluding carboxylic acids is 1. The molecule has 0 radical (unpaired) electrons. The molecule has 0 aliphatic carbocycles. The number of allylic oxidation sites excluding steroid dienone is 3. The number of unbranched alkanes of at least 4 members (excludes halogenated alkanes) is 1. The first kappa shape index (κ1) is 25.9. The van der Waals surface area contributed by atoms with Gasteiger partial charge in [0.15, 0.2) is 0 Å². The lowest BCUT2D eigenvalue weighted by atomic mass is 10.1. The number of thioether (sulfide) groups is 1. The Bertz CT molecular complexity index is 1280. The summed E-state index contributed by atoms with van der Waals surface area (Å²) in [6, 6.07) is 11.9. The van der Waals surface area contributed by atoms with Crippen LogP contribution in [0.15, 0.2) is 65.8 Å². The second kappa shape index (κ2) is 12.2. The highest BCUT2D eigenvalue weighted by Gasteiger charge is 2.17. The van der Waals surface area contributed by atoms with E-state index in [-0.39, 0.29) is 5.91 Å². The van der Waals surface area contributed by atoms with Crippen LogP contribution >= 0.6 is 11.8 Å². The topological polar surface area (TPSA) is 61.4 Å². The maximum absolute atomic E-state index is 13.0. The fourth-order valence-corrected chi connectivity index (χ4v) is 5.08. The van der Waals surface area contributed by atoms with E-state index in [0.29, 0.717) is 11.4 Å². The summed E-state index contributed by atoms with van der Waals surface area (Å²) in [5.74, 6) is 1.19. The van der Waals surface area contributed by atoms with E-state index in [2.05, 4.69) is 83.3 Å². The normalized spacial score (nSPS) is 15.4. The third-order valence-corrected chi connectivity index (χ3v) is 7.52. The molecule has 1 fully saturated rings. The number of nitrogens with one attached hydrogen (secondary N) is 1. The minimum Gasteiger partial charge on any atom is -0.354 e. The van der Waals surface area contributed by atoms with Crippen LogP contribution in [0.5, 0.6) is 0 Å². The van der Waals surface area contributed by atoms with E-state index in [1.165, 1.54) is 9.81 Å². The van der Waals surface area contributed by atoms with Crippen molar-refractivity contribution in [2.75, 3.05) is 43.4 Å². The number of nitrogens with zero attached hydrogens (tertiary/aromatic N) is 4. The average Bonchev–Trinajstić information content (AvgIpc) is 2.90. The number of aromatic nitrogens is 2. The quantitative estimate of drug-likeness (QED) is 0.384. The molecule has 2 aromatic heterocycles. The van der Waals surface area contributed by atoms with Gasteiger partial charge in [0.2, 0.25) is 0 Å². The Morgan fingerprint density at radius 1 is 1.06 bits per heavy atom. The zero-order valence-electron chi connectivity index (χ0n) is 21.6. The first-order chi connectivity index (χ1) is 17.5. The zero-order valence-corrected chi connectivity index (χ0v) is 22.4. The second-order valence-electron chi connectivity index (χ2n) is 9.14. The fraction of sp³-hybridized carbons (Fsp3) is 0.345. The van der Waals surface area contributed by atoms with E-state index in [1.807, 2.05) is 18.3 Å². The highest BCUT2D eigenvalue weighted by molar-refractivity contribution is 8.11. The average molecular weight is 502 g/mol. The van der Waals surface area contributed by atoms with Crippen LogP contribution in [-0.2, 0) is 0 Å². The molecule has 36 heavy (non-hydrogen) atoms. The zero-order chi connectivity index (χ0) is 25.5. The predicted octanol–water partition coefficient (Wildman–Crippen LogP) is 6.43. The molecule has 0 unspecified atom stereocenters. The molecular formula is C29H35N5OS. The summed E-state index contributed by atoms with van der Waals surface area (Å²) < 4.78 is 0. The van der Waals surface area contributed by atoms with Gasteiger partial charge in [0.1, 0.15) is 11.6 Å². The number of fused-ring (bicyclic) bond motifs is 1. The van der Waals surface area contributed by atoms with Crippen molar-refractivity contribution >= 4 is 45.0 Å². The highest BCUT2D eigenvalue weighted by atomic mass is 32.2. The number of piperazine rings is 1. The maximum atomic E-state index is 13.0. The van der Waals surface area contributed by atoms with Gasteiger partial charge >= 0.3 is 0 Å². The molecule has 1 aliphatic heterocycles. The summed E-state index contributed by atoms with van der Waals surface area (Å²) in [6.07, 6.45) is 10.2. The van der Waals surface area contributed by atoms with Crippen LogP contribution in [-0.4, -0.2) is 54.0 Å². The van der Waals surface area contributed by atoms with Gasteiger partial charge in [-0.15, -0.1) is 0 Å². The number of pyridine rings is 2. The van der Waals surface area contributed by atoms with Crippen LogP contribution in [0.3, 0.4) is 0 Å². The van der Waals surface area contributed by atoms with E-state index in [0.717, 1.165) is 61.2 Å². The van der Waals surface area contributed by atoms with Crippen molar-refractivity contribution in [3.63, 3.8) is 0 Å². The van der Waals surface area contributed by atoms with E-state index in [4.69, 9.17) is 0 Å². The van der Waals surface area contributed by atoms with Gasteiger partial charge in [0.25, 0.3) is 5.91 Å². The lowest BCUT2D eigenvalue weighted by Crippen LogP contribution is -2.44. The van der Waals surface area contributed by atoms with E-state index in [1.54, 1.807) is 24.0 Å². The Kier molecular flexibility index (Phi) is 8.78. The molecule has 0 atom stereocenters. The number of hydrogen-bond acceptors (Lipinski definition) is 6. The lowest BCUT2D eigenvalue weighted by molar-refractivity contribution is 0.102. The van der Waals surface area contributed by atoms with Crippen LogP contribution in [0.1, 0.15) is 49.5 Å². The van der Waals surface area contributed by atoms with Gasteiger partial charge in [-0.3, -0.25) is 4.79 Å². The predicted molar refractivity (Wildman–Crippen MR) is 154 cm³/mol. The fourth-order valence-electron chi connectivity index (χ4n) is 4.17. The van der Waals surface area contributed by atoms with E-state index >= 15 is 0 Å². The number of anilines is 2. The van der Waals surface area contributed by atoms with Gasteiger partial charge in [-0.25, -0.2) is 9.97 Å². The maximum Gasteiger partial charge on any atom is 0.257 e. The summed E-state index contributed by atoms with van der Waals surface area (Å²) >= 11 is 1.80. The number of benzene rings is 1. The van der Waals surface area contributed by atoms with Crippen molar-refractivity contribution in [3.8, 4) is 0 Å². The molecule has 0 bridgehead atoms. The Morgan fingerprint density at radius 2 is 1.86 bits per heavy atom. The molecule has 0 saturated carbocycles. The van der Waals surface area contributed by atoms with Crippen molar-refractivity contribution in [1.29, 1.82) is 0 Å². The van der Waals surface area contributed by atoms with Crippen LogP contribution in [0.2, 0.25) is 0 Å². The van der Waals surface area contributed by atoms with Gasteiger partial charge in [-0.05, 0) is 67.4 Å². The molecule has 1 saturated heterocycles. The van der Waals surface area contributed by atoms with E-state index in [9.17, 15) is 4.79 Å². The minimum absolute atomic E-state index is 0.183. The molecule has 1 aliphatic rings. The summed E-state index contributed by atoms with van der Waals surface area (Å²) in [4.78, 5) is 29.1. The first-order valence-electron chi connectivity index (χ1n) is 12.6. The Morgan fingerprint density at radius 3 is 2.61 bits per heavy atom. The van der Waals surface area contributed by atoms with Crippen molar-refractivity contribution in [3.05, 3.63) is 77.0 Å². The van der Waals surface area contributed by atoms with Gasteiger partial charge < -0.3 is 15.1 Å². The Hall–Kier alpha value is -3.16. The monoisotopic (exact) mass is 501 g/mol. The molecule has 188 valence electrons. The molecular weight excluding hydrogens is 466 g/mol. The van der Waals surface area contributed by atoms with Gasteiger partial charge in [0, 0.05) is 54.4 Å². The van der Waals surface area contributed by atoms with Crippen molar-refractivity contribution < 1.29 is 4.79 Å². The number of carbonyl (C=O) groups is 1. The lowest BCUT2D eigenvalue weighted by Gasteiger charge is -2.33. The third-order valence-electron chi connectivity index (χ3n) is 6.34. The number of likely N-dealkylation sites (N-methyl/N-ethyl adjacent to an activating group) is 1. The SMILES string of the molecule is C/C=C(\S/C(C)=C\CCC)c1ccc2cnc(NC(=O)c3ccnc(N4CCN(C)CC4)c3)cc2c1. The molecule has 6 nitrogen and oxygen atoms in total. The van der Waals surface area contributed by atoms with Crippen LogP contribution in [0, 0.1) is 0 Å². The number of hydrogen-bond donors (Lipinski definition) is 1. The van der Waals surface area contributed by atoms with Crippen LogP contribution in [0.25, 0.3) is 15.7 Å². The Labute approximate surface area is 218 Å². The largest absolute Gasteiger partial charge is 0.354 e. The molecule has 7 heteroatoms. The molecule has 4 rings (SSSR count). The molecule has 1 aromatic carbocycles. The summed E-state index contributed by atoms with van der Waals surface area (Å²) in [5.41, 5.74) is 1.74. The van der Waals surface area contributed by atoms with Gasteiger partial charge in [0.05, 0.1) is 0 Å². The Balaban J connectivity index is 1.50. The first-order valence-corrected chi connectivity index (χ1v) is 13.4. The van der Waals surface area contributed by atoms with Crippen molar-refractivity contribution in [2.24, 2.45) is 0 Å². The van der Waals surface area contributed by atoms with Gasteiger partial charge in [-0.1, -0.05) is 49.4 Å². The summed E-state index contributed by atoms with van der Waals surface area (Å²) in [7, 11) is 2.12. The molecule has 0 spiro atoms. The number of amides is 1. The number of rotatable bonds is 8. The smallest absolute Gasteiger partial charge is 0.257 e. The highest BCUT2D eigenvalue weighted by Crippen LogP contribution is 2.35. The third kappa shape index (κ3) is 6.53. The molecule has 1 amide bonds. The standard InChI is InChI=1S/C29H35N5OS/c1-5-7-8-21(3)36-26(6-2)22-9-10-24-20-31-27(18-25(24)17-22)32-29(35)23-11-12-30-28(19-23)34-15-13-33(4)14-16-34/h6,8-12,17-20H,5,7,13-16H2,1-4H3,(H,31,32,35)/b21-8-,26-6-. The van der Waals surface area contributed by atoms with Gasteiger partial charge in [-0.2, -0.15) is 0 Å². The van der Waals surface area contributed by atoms with Crippen LogP contribution in [0.4, 0.5) is 11.6 Å². The van der Waals surface area contributed by atoms with Crippen molar-refractivity contribution in [1.82, 2.24) is 14.9 Å². The molecule has 3 heterocycles. The second-order valence-corrected chi connectivity index (χ2v) is 10.4. The molecule has 3 aromatic rings. The van der Waals surface area contributed by atoms with Crippen LogP contribution < -0.4 is 10.2 Å². The minimum atomic E-state index is -0.183. The summed E-state index contributed by atoms with van der Waals surface area (Å²) in [5, 5.41) is 5.05. The molecule has 1 N–H and O–H groups in total. The van der Waals surface area contributed by atoms with Crippen molar-refractivity contribution in [2.45, 2.75) is 33.6 Å². The summed E-state index contributed by atoms with van der Waals surface area (Å²) in [6.45, 7) is 10.2. The van der Waals surface area contributed by atoms with E-state index < -0.39 is 0 Å².